The lowest BCUT2D eigenvalue weighted by molar-refractivity contribution is -0.147. The van der Waals surface area contributed by atoms with Crippen LogP contribution in [0.4, 0.5) is 0 Å². The van der Waals surface area contributed by atoms with E-state index >= 15 is 0 Å². The van der Waals surface area contributed by atoms with E-state index in [1.165, 1.54) is 0 Å². The molecule has 0 saturated carbocycles. The van der Waals surface area contributed by atoms with Crippen molar-refractivity contribution in [1.29, 1.82) is 0 Å². The lowest BCUT2D eigenvalue weighted by Crippen LogP contribution is -2.54. The number of nitrogens with zero attached hydrogens (tertiary/aromatic N) is 3. The Balaban J connectivity index is 1.54. The van der Waals surface area contributed by atoms with Crippen molar-refractivity contribution in [3.63, 3.8) is 0 Å². The van der Waals surface area contributed by atoms with Crippen molar-refractivity contribution in [3.8, 4) is 0 Å². The number of piperidine rings is 2. The van der Waals surface area contributed by atoms with E-state index in [4.69, 9.17) is 4.74 Å². The average Bonchev–Trinajstić information content (AvgIpc) is 3.10. The summed E-state index contributed by atoms with van der Waals surface area (Å²) in [6.07, 6.45) is 5.32. The molecule has 136 valence electrons. The van der Waals surface area contributed by atoms with Crippen LogP contribution in [-0.4, -0.2) is 86.0 Å². The second-order valence-electron chi connectivity index (χ2n) is 7.95. The maximum Gasteiger partial charge on any atom is 0.251 e. The second-order valence-corrected chi connectivity index (χ2v) is 7.95. The van der Waals surface area contributed by atoms with Gasteiger partial charge in [-0.05, 0) is 51.6 Å². The summed E-state index contributed by atoms with van der Waals surface area (Å²) < 4.78 is 5.54. The van der Waals surface area contributed by atoms with Crippen molar-refractivity contribution >= 4 is 11.8 Å². The Bertz CT molecular complexity index is 466. The average molecular weight is 337 g/mol. The van der Waals surface area contributed by atoms with Crippen molar-refractivity contribution in [2.24, 2.45) is 5.41 Å². The largest absolute Gasteiger partial charge is 0.368 e. The van der Waals surface area contributed by atoms with Crippen LogP contribution < -0.4 is 0 Å². The molecule has 0 radical (unpaired) electrons. The van der Waals surface area contributed by atoms with E-state index in [2.05, 4.69) is 4.90 Å². The number of carbonyl (C=O) groups excluding carboxylic acids is 2. The minimum absolute atomic E-state index is 0.179. The van der Waals surface area contributed by atoms with Gasteiger partial charge in [0.25, 0.3) is 5.91 Å². The first-order valence-electron chi connectivity index (χ1n) is 9.32. The van der Waals surface area contributed by atoms with E-state index in [-0.39, 0.29) is 17.4 Å². The van der Waals surface area contributed by atoms with Crippen molar-refractivity contribution in [1.82, 2.24) is 14.7 Å². The zero-order chi connectivity index (χ0) is 17.2. The molecule has 24 heavy (non-hydrogen) atoms. The highest BCUT2D eigenvalue weighted by molar-refractivity contribution is 5.81. The quantitative estimate of drug-likeness (QED) is 0.767. The number of carbonyl (C=O) groups is 2. The first-order chi connectivity index (χ1) is 11.5. The zero-order valence-corrected chi connectivity index (χ0v) is 15.1. The van der Waals surface area contributed by atoms with Gasteiger partial charge < -0.3 is 19.4 Å². The number of likely N-dealkylation sites (N-methyl/N-ethyl adjacent to an activating group) is 1. The van der Waals surface area contributed by atoms with E-state index in [9.17, 15) is 9.59 Å². The van der Waals surface area contributed by atoms with E-state index in [1.807, 2.05) is 23.9 Å². The topological polar surface area (TPSA) is 53.1 Å². The standard InChI is InChI=1S/C18H31N3O3/c1-19(2)11-12-21-14-18(6-5-16(21)22)7-9-20(10-8-18)17(23)15-4-3-13-24-15/h15H,3-14H2,1-2H3/t15-/m0/s1. The molecule has 6 heteroatoms. The normalized spacial score (nSPS) is 27.3. The fourth-order valence-corrected chi connectivity index (χ4v) is 4.21. The second kappa shape index (κ2) is 7.40. The Labute approximate surface area is 145 Å². The third kappa shape index (κ3) is 3.91. The van der Waals surface area contributed by atoms with Crippen molar-refractivity contribution < 1.29 is 14.3 Å². The molecule has 0 unspecified atom stereocenters. The molecule has 6 nitrogen and oxygen atoms in total. The van der Waals surface area contributed by atoms with Gasteiger partial charge in [-0.3, -0.25) is 9.59 Å². The minimum Gasteiger partial charge on any atom is -0.368 e. The summed E-state index contributed by atoms with van der Waals surface area (Å²) >= 11 is 0. The number of likely N-dealkylation sites (tertiary alicyclic amines) is 2. The molecule has 0 N–H and O–H groups in total. The Hall–Kier alpha value is -1.14. The number of ether oxygens (including phenoxy) is 1. The van der Waals surface area contributed by atoms with Gasteiger partial charge in [-0.1, -0.05) is 0 Å². The van der Waals surface area contributed by atoms with E-state index < -0.39 is 0 Å². The van der Waals surface area contributed by atoms with Gasteiger partial charge in [0, 0.05) is 45.8 Å². The van der Waals surface area contributed by atoms with Crippen LogP contribution in [0.5, 0.6) is 0 Å². The molecule has 3 saturated heterocycles. The number of hydrogen-bond donors (Lipinski definition) is 0. The van der Waals surface area contributed by atoms with Crippen LogP contribution in [0.2, 0.25) is 0 Å². The lowest BCUT2D eigenvalue weighted by atomic mass is 9.72. The molecule has 3 aliphatic heterocycles. The molecular formula is C18H31N3O3. The van der Waals surface area contributed by atoms with Gasteiger partial charge in [-0.25, -0.2) is 0 Å². The van der Waals surface area contributed by atoms with Crippen LogP contribution in [0.15, 0.2) is 0 Å². The summed E-state index contributed by atoms with van der Waals surface area (Å²) in [5.41, 5.74) is 0.216. The monoisotopic (exact) mass is 337 g/mol. The van der Waals surface area contributed by atoms with E-state index in [0.29, 0.717) is 12.3 Å². The van der Waals surface area contributed by atoms with Crippen LogP contribution in [-0.2, 0) is 14.3 Å². The van der Waals surface area contributed by atoms with Gasteiger partial charge in [0.2, 0.25) is 5.91 Å². The van der Waals surface area contributed by atoms with Gasteiger partial charge in [0.15, 0.2) is 0 Å². The molecular weight excluding hydrogens is 306 g/mol. The Morgan fingerprint density at radius 3 is 2.67 bits per heavy atom. The molecule has 1 spiro atoms. The highest BCUT2D eigenvalue weighted by Gasteiger charge is 2.42. The van der Waals surface area contributed by atoms with Crippen LogP contribution in [0.1, 0.15) is 38.5 Å². The molecule has 0 bridgehead atoms. The SMILES string of the molecule is CN(C)CCN1CC2(CCC1=O)CCN(C(=O)[C@@H]1CCCO1)CC2. The summed E-state index contributed by atoms with van der Waals surface area (Å²) in [6.45, 7) is 4.93. The predicted octanol–water partition coefficient (Wildman–Crippen LogP) is 0.958. The Morgan fingerprint density at radius 1 is 1.29 bits per heavy atom. The summed E-state index contributed by atoms with van der Waals surface area (Å²) in [5, 5.41) is 0. The highest BCUT2D eigenvalue weighted by Crippen LogP contribution is 2.40. The molecule has 3 heterocycles. The Morgan fingerprint density at radius 2 is 2.04 bits per heavy atom. The van der Waals surface area contributed by atoms with Gasteiger partial charge in [-0.2, -0.15) is 0 Å². The predicted molar refractivity (Wildman–Crippen MR) is 91.6 cm³/mol. The highest BCUT2D eigenvalue weighted by atomic mass is 16.5. The molecule has 1 atom stereocenters. The van der Waals surface area contributed by atoms with Gasteiger partial charge in [0.1, 0.15) is 6.10 Å². The van der Waals surface area contributed by atoms with Crippen LogP contribution in [0.3, 0.4) is 0 Å². The summed E-state index contributed by atoms with van der Waals surface area (Å²) in [6, 6.07) is 0. The first-order valence-corrected chi connectivity index (χ1v) is 9.32. The molecule has 3 fully saturated rings. The molecule has 0 aromatic rings. The summed E-state index contributed by atoms with van der Waals surface area (Å²) in [5.74, 6) is 0.471. The maximum absolute atomic E-state index is 12.5. The van der Waals surface area contributed by atoms with E-state index in [1.54, 1.807) is 0 Å². The number of hydrogen-bond acceptors (Lipinski definition) is 4. The summed E-state index contributed by atoms with van der Waals surface area (Å²) in [7, 11) is 4.08. The van der Waals surface area contributed by atoms with Crippen LogP contribution in [0, 0.1) is 5.41 Å². The fraction of sp³-hybridized carbons (Fsp3) is 0.889. The van der Waals surface area contributed by atoms with Crippen molar-refractivity contribution in [2.75, 3.05) is 53.4 Å². The van der Waals surface area contributed by atoms with Gasteiger partial charge in [-0.15, -0.1) is 0 Å². The fourth-order valence-electron chi connectivity index (χ4n) is 4.21. The zero-order valence-electron chi connectivity index (χ0n) is 15.1. The smallest absolute Gasteiger partial charge is 0.251 e. The first kappa shape index (κ1) is 17.7. The molecule has 3 rings (SSSR count). The van der Waals surface area contributed by atoms with Crippen molar-refractivity contribution in [3.05, 3.63) is 0 Å². The molecule has 2 amide bonds. The molecule has 3 aliphatic rings. The molecule has 0 aromatic carbocycles. The summed E-state index contributed by atoms with van der Waals surface area (Å²) in [4.78, 5) is 30.9. The third-order valence-electron chi connectivity index (χ3n) is 5.91. The lowest BCUT2D eigenvalue weighted by Gasteiger charge is -2.47. The number of rotatable bonds is 4. The molecule has 0 aromatic heterocycles. The van der Waals surface area contributed by atoms with Gasteiger partial charge in [0.05, 0.1) is 0 Å². The van der Waals surface area contributed by atoms with Crippen LogP contribution in [0.25, 0.3) is 0 Å². The van der Waals surface area contributed by atoms with E-state index in [0.717, 1.165) is 71.4 Å². The number of amides is 2. The van der Waals surface area contributed by atoms with Crippen molar-refractivity contribution in [2.45, 2.75) is 44.6 Å². The van der Waals surface area contributed by atoms with Crippen LogP contribution >= 0.6 is 0 Å². The molecule has 0 aliphatic carbocycles. The third-order valence-corrected chi connectivity index (χ3v) is 5.91. The maximum atomic E-state index is 12.5. The van der Waals surface area contributed by atoms with Gasteiger partial charge >= 0.3 is 0 Å². The Kier molecular flexibility index (Phi) is 5.45. The minimum atomic E-state index is -0.205.